The van der Waals surface area contributed by atoms with Crippen LogP contribution in [0.2, 0.25) is 5.02 Å². The minimum atomic E-state index is -0.556. The lowest BCUT2D eigenvalue weighted by atomic mass is 10.1. The first-order valence-electron chi connectivity index (χ1n) is 4.78. The summed E-state index contributed by atoms with van der Waals surface area (Å²) >= 11 is 5.82. The van der Waals surface area contributed by atoms with E-state index in [0.29, 0.717) is 5.56 Å². The van der Waals surface area contributed by atoms with Crippen LogP contribution in [-0.4, -0.2) is 11.6 Å². The number of nitrogen functional groups attached to an aromatic ring is 2. The van der Waals surface area contributed by atoms with Crippen molar-refractivity contribution < 1.29 is 9.53 Å². The summed E-state index contributed by atoms with van der Waals surface area (Å²) in [4.78, 5) is 11.7. The Kier molecular flexibility index (Phi) is 3.33. The molecule has 1 rings (SSSR count). The summed E-state index contributed by atoms with van der Waals surface area (Å²) in [6.07, 6.45) is 0. The van der Waals surface area contributed by atoms with Gasteiger partial charge in [0.1, 0.15) is 5.60 Å². The first kappa shape index (κ1) is 12.6. The van der Waals surface area contributed by atoms with Gasteiger partial charge in [0, 0.05) is 0 Å². The Balaban J connectivity index is 3.02. The number of esters is 1. The Morgan fingerprint density at radius 2 is 1.88 bits per heavy atom. The minimum Gasteiger partial charge on any atom is -0.456 e. The summed E-state index contributed by atoms with van der Waals surface area (Å²) in [5.74, 6) is -0.471. The number of benzene rings is 1. The highest BCUT2D eigenvalue weighted by atomic mass is 35.5. The van der Waals surface area contributed by atoms with Crippen LogP contribution in [0.4, 0.5) is 11.4 Å². The van der Waals surface area contributed by atoms with E-state index in [1.807, 2.05) is 0 Å². The Morgan fingerprint density at radius 1 is 1.31 bits per heavy atom. The van der Waals surface area contributed by atoms with Gasteiger partial charge in [-0.25, -0.2) is 4.79 Å². The third-order valence-corrected chi connectivity index (χ3v) is 2.11. The molecule has 1 aromatic carbocycles. The van der Waals surface area contributed by atoms with E-state index in [1.54, 1.807) is 20.8 Å². The summed E-state index contributed by atoms with van der Waals surface area (Å²) in [6, 6.07) is 2.90. The summed E-state index contributed by atoms with van der Waals surface area (Å²) < 4.78 is 5.18. The van der Waals surface area contributed by atoms with E-state index < -0.39 is 11.6 Å². The van der Waals surface area contributed by atoms with Crippen LogP contribution in [0.3, 0.4) is 0 Å². The molecule has 4 N–H and O–H groups in total. The molecule has 0 aliphatic carbocycles. The van der Waals surface area contributed by atoms with Gasteiger partial charge in [0.2, 0.25) is 0 Å². The quantitative estimate of drug-likeness (QED) is 0.586. The van der Waals surface area contributed by atoms with Crippen molar-refractivity contribution in [1.29, 1.82) is 0 Å². The zero-order chi connectivity index (χ0) is 12.5. The average Bonchev–Trinajstić information content (AvgIpc) is 2.10. The largest absolute Gasteiger partial charge is 0.456 e. The Morgan fingerprint density at radius 3 is 2.31 bits per heavy atom. The molecule has 4 nitrogen and oxygen atoms in total. The van der Waals surface area contributed by atoms with Gasteiger partial charge in [-0.15, -0.1) is 0 Å². The molecule has 0 bridgehead atoms. The average molecular weight is 243 g/mol. The van der Waals surface area contributed by atoms with Crippen molar-refractivity contribution in [1.82, 2.24) is 0 Å². The van der Waals surface area contributed by atoms with Crippen LogP contribution >= 0.6 is 11.6 Å². The lowest BCUT2D eigenvalue weighted by Gasteiger charge is -2.19. The van der Waals surface area contributed by atoms with Crippen LogP contribution in [0.15, 0.2) is 12.1 Å². The van der Waals surface area contributed by atoms with Crippen molar-refractivity contribution in [2.24, 2.45) is 0 Å². The van der Waals surface area contributed by atoms with Crippen molar-refractivity contribution in [2.75, 3.05) is 11.5 Å². The Labute approximate surface area is 99.5 Å². The molecule has 0 heterocycles. The topological polar surface area (TPSA) is 78.3 Å². The van der Waals surface area contributed by atoms with E-state index in [9.17, 15) is 4.79 Å². The second kappa shape index (κ2) is 4.22. The third-order valence-electron chi connectivity index (χ3n) is 1.80. The standard InChI is InChI=1S/C11H15ClN2O2/c1-11(2,3)16-10(15)6-4-7(12)9(14)8(13)5-6/h4-5H,13-14H2,1-3H3. The van der Waals surface area contributed by atoms with E-state index in [2.05, 4.69) is 0 Å². The number of hydrogen-bond acceptors (Lipinski definition) is 4. The maximum atomic E-state index is 11.7. The lowest BCUT2D eigenvalue weighted by Crippen LogP contribution is -2.24. The summed E-state index contributed by atoms with van der Waals surface area (Å²) in [7, 11) is 0. The number of hydrogen-bond donors (Lipinski definition) is 2. The highest BCUT2D eigenvalue weighted by Gasteiger charge is 2.19. The van der Waals surface area contributed by atoms with Crippen molar-refractivity contribution in [3.05, 3.63) is 22.7 Å². The number of rotatable bonds is 1. The van der Waals surface area contributed by atoms with Crippen LogP contribution in [0.5, 0.6) is 0 Å². The number of carbonyl (C=O) groups is 1. The highest BCUT2D eigenvalue weighted by molar-refractivity contribution is 6.34. The van der Waals surface area contributed by atoms with E-state index >= 15 is 0 Å². The van der Waals surface area contributed by atoms with Gasteiger partial charge >= 0.3 is 5.97 Å². The van der Waals surface area contributed by atoms with Crippen LogP contribution in [0, 0.1) is 0 Å². The molecule has 0 saturated carbocycles. The molecule has 88 valence electrons. The fourth-order valence-corrected chi connectivity index (χ4v) is 1.32. The van der Waals surface area contributed by atoms with Crippen molar-refractivity contribution in [3.8, 4) is 0 Å². The Bertz CT molecular complexity index is 401. The molecule has 0 aliphatic rings. The number of anilines is 2. The van der Waals surface area contributed by atoms with Gasteiger partial charge in [0.15, 0.2) is 0 Å². The van der Waals surface area contributed by atoms with E-state index in [1.165, 1.54) is 12.1 Å². The van der Waals surface area contributed by atoms with E-state index in [0.717, 1.165) is 0 Å². The molecule has 16 heavy (non-hydrogen) atoms. The van der Waals surface area contributed by atoms with Crippen molar-refractivity contribution in [3.63, 3.8) is 0 Å². The second-order valence-corrected chi connectivity index (χ2v) is 4.87. The van der Waals surface area contributed by atoms with E-state index in [4.69, 9.17) is 27.8 Å². The monoisotopic (exact) mass is 242 g/mol. The first-order chi connectivity index (χ1) is 7.20. The minimum absolute atomic E-state index is 0.251. The molecular weight excluding hydrogens is 228 g/mol. The smallest absolute Gasteiger partial charge is 0.338 e. The molecule has 5 heteroatoms. The molecule has 0 unspecified atom stereocenters. The van der Waals surface area contributed by atoms with Crippen molar-refractivity contribution in [2.45, 2.75) is 26.4 Å². The number of halogens is 1. The third kappa shape index (κ3) is 3.03. The van der Waals surface area contributed by atoms with Crippen LogP contribution in [0.1, 0.15) is 31.1 Å². The maximum absolute atomic E-state index is 11.7. The molecule has 0 spiro atoms. The number of ether oxygens (including phenoxy) is 1. The second-order valence-electron chi connectivity index (χ2n) is 4.46. The summed E-state index contributed by atoms with van der Waals surface area (Å²) in [6.45, 7) is 5.35. The predicted molar refractivity (Wildman–Crippen MR) is 65.4 cm³/mol. The predicted octanol–water partition coefficient (Wildman–Crippen LogP) is 2.46. The van der Waals surface area contributed by atoms with Gasteiger partial charge in [-0.3, -0.25) is 0 Å². The molecule has 0 amide bonds. The molecule has 0 aliphatic heterocycles. The molecule has 0 aromatic heterocycles. The molecule has 1 aromatic rings. The van der Waals surface area contributed by atoms with E-state index in [-0.39, 0.29) is 16.4 Å². The fourth-order valence-electron chi connectivity index (χ4n) is 1.09. The van der Waals surface area contributed by atoms with Gasteiger partial charge in [-0.1, -0.05) is 11.6 Å². The van der Waals surface area contributed by atoms with Crippen LogP contribution < -0.4 is 11.5 Å². The zero-order valence-electron chi connectivity index (χ0n) is 9.50. The molecular formula is C11H15ClN2O2. The van der Waals surface area contributed by atoms with Crippen LogP contribution in [-0.2, 0) is 4.74 Å². The molecule has 0 radical (unpaired) electrons. The van der Waals surface area contributed by atoms with Gasteiger partial charge in [0.05, 0.1) is 22.0 Å². The lowest BCUT2D eigenvalue weighted by molar-refractivity contribution is 0.00696. The first-order valence-corrected chi connectivity index (χ1v) is 5.16. The SMILES string of the molecule is CC(C)(C)OC(=O)c1cc(N)c(N)c(Cl)c1. The molecule has 0 atom stereocenters. The van der Waals surface area contributed by atoms with Gasteiger partial charge in [-0.05, 0) is 32.9 Å². The maximum Gasteiger partial charge on any atom is 0.338 e. The van der Waals surface area contributed by atoms with Gasteiger partial charge in [-0.2, -0.15) is 0 Å². The summed E-state index contributed by atoms with van der Waals surface area (Å²) in [5, 5.41) is 0.251. The van der Waals surface area contributed by atoms with Crippen molar-refractivity contribution >= 4 is 28.9 Å². The highest BCUT2D eigenvalue weighted by Crippen LogP contribution is 2.27. The molecule has 0 saturated heterocycles. The number of nitrogens with two attached hydrogens (primary N) is 2. The van der Waals surface area contributed by atoms with Gasteiger partial charge in [0.25, 0.3) is 0 Å². The normalized spacial score (nSPS) is 11.2. The number of carbonyl (C=O) groups excluding carboxylic acids is 1. The van der Waals surface area contributed by atoms with Crippen LogP contribution in [0.25, 0.3) is 0 Å². The zero-order valence-corrected chi connectivity index (χ0v) is 10.3. The molecule has 0 fully saturated rings. The summed E-state index contributed by atoms with van der Waals surface area (Å²) in [5.41, 5.74) is 11.5. The fraction of sp³-hybridized carbons (Fsp3) is 0.364. The van der Waals surface area contributed by atoms with Gasteiger partial charge < -0.3 is 16.2 Å². The Hall–Kier alpha value is -1.42.